The van der Waals surface area contributed by atoms with Crippen LogP contribution >= 0.6 is 0 Å². The number of aromatic amines is 1. The van der Waals surface area contributed by atoms with E-state index in [2.05, 4.69) is 51.9 Å². The Labute approximate surface area is 166 Å². The smallest absolute Gasteiger partial charge is 0.319 e. The van der Waals surface area contributed by atoms with Gasteiger partial charge in [0.05, 0.1) is 6.61 Å². The molecule has 3 aromatic rings. The highest BCUT2D eigenvalue weighted by Crippen LogP contribution is 2.27. The molecule has 0 saturated carbocycles. The van der Waals surface area contributed by atoms with Crippen LogP contribution in [0, 0.1) is 0 Å². The summed E-state index contributed by atoms with van der Waals surface area (Å²) in [6.45, 7) is 8.28. The molecule has 0 atom stereocenters. The van der Waals surface area contributed by atoms with Crippen LogP contribution in [0.3, 0.4) is 0 Å². The second kappa shape index (κ2) is 8.19. The monoisotopic (exact) mass is 379 g/mol. The average molecular weight is 380 g/mol. The van der Waals surface area contributed by atoms with Gasteiger partial charge in [-0.2, -0.15) is 9.97 Å². The fourth-order valence-corrected chi connectivity index (χ4v) is 3.83. The van der Waals surface area contributed by atoms with E-state index in [1.807, 2.05) is 6.20 Å². The number of rotatable bonds is 7. The molecule has 0 bridgehead atoms. The average Bonchev–Trinajstić information content (AvgIpc) is 3.11. The lowest BCUT2D eigenvalue weighted by Crippen LogP contribution is -2.30. The molecule has 148 valence electrons. The molecule has 0 aliphatic carbocycles. The van der Waals surface area contributed by atoms with Crippen molar-refractivity contribution < 1.29 is 4.74 Å². The van der Waals surface area contributed by atoms with E-state index in [0.29, 0.717) is 18.4 Å². The fraction of sp³-hybridized carbons (Fsp3) is 0.455. The molecular weight excluding hydrogens is 350 g/mol. The van der Waals surface area contributed by atoms with E-state index in [4.69, 9.17) is 10.5 Å². The number of benzene rings is 1. The predicted octanol–water partition coefficient (Wildman–Crippen LogP) is 3.69. The Morgan fingerprint density at radius 2 is 2.11 bits per heavy atom. The molecule has 3 heterocycles. The summed E-state index contributed by atoms with van der Waals surface area (Å²) in [5.74, 6) is 0.438. The third-order valence-corrected chi connectivity index (χ3v) is 5.54. The summed E-state index contributed by atoms with van der Waals surface area (Å²) in [4.78, 5) is 14.6. The van der Waals surface area contributed by atoms with Crippen molar-refractivity contribution in [1.82, 2.24) is 19.9 Å². The van der Waals surface area contributed by atoms with E-state index < -0.39 is 0 Å². The lowest BCUT2D eigenvalue weighted by molar-refractivity contribution is 0.268. The number of nitrogens with one attached hydrogen (secondary N) is 1. The Hall–Kier alpha value is -2.60. The van der Waals surface area contributed by atoms with Gasteiger partial charge in [0.1, 0.15) is 11.0 Å². The molecule has 2 aromatic heterocycles. The number of hydrogen-bond acceptors (Lipinski definition) is 5. The lowest BCUT2D eigenvalue weighted by atomic mass is 9.95. The van der Waals surface area contributed by atoms with Crippen LogP contribution in [-0.4, -0.2) is 39.5 Å². The summed E-state index contributed by atoms with van der Waals surface area (Å²) in [6.07, 6.45) is 5.97. The molecule has 1 aliphatic heterocycles. The van der Waals surface area contributed by atoms with Crippen LogP contribution in [0.1, 0.15) is 48.9 Å². The Morgan fingerprint density at radius 1 is 1.21 bits per heavy atom. The minimum absolute atomic E-state index is 0.365. The molecule has 0 spiro atoms. The summed E-state index contributed by atoms with van der Waals surface area (Å²) >= 11 is 0. The first-order valence-corrected chi connectivity index (χ1v) is 10.3. The lowest BCUT2D eigenvalue weighted by Gasteiger charge is -2.27. The zero-order valence-electron chi connectivity index (χ0n) is 16.8. The first kappa shape index (κ1) is 18.7. The van der Waals surface area contributed by atoms with E-state index in [1.165, 1.54) is 16.7 Å². The molecule has 28 heavy (non-hydrogen) atoms. The molecule has 0 fully saturated rings. The summed E-state index contributed by atoms with van der Waals surface area (Å²) in [7, 11) is 0. The van der Waals surface area contributed by atoms with E-state index in [-0.39, 0.29) is 0 Å². The summed E-state index contributed by atoms with van der Waals surface area (Å²) in [6, 6.07) is 7.23. The molecule has 0 saturated heterocycles. The van der Waals surface area contributed by atoms with E-state index in [0.717, 1.165) is 61.9 Å². The van der Waals surface area contributed by atoms with Crippen molar-refractivity contribution in [2.75, 3.05) is 25.4 Å². The van der Waals surface area contributed by atoms with Gasteiger partial charge in [0.15, 0.2) is 5.82 Å². The maximum atomic E-state index is 6.12. The molecule has 4 rings (SSSR count). The Bertz CT molecular complexity index is 965. The van der Waals surface area contributed by atoms with Gasteiger partial charge in [0.25, 0.3) is 0 Å². The second-order valence-corrected chi connectivity index (χ2v) is 7.53. The van der Waals surface area contributed by atoms with E-state index in [9.17, 15) is 0 Å². The highest BCUT2D eigenvalue weighted by Gasteiger charge is 2.17. The highest BCUT2D eigenvalue weighted by atomic mass is 16.5. The van der Waals surface area contributed by atoms with Gasteiger partial charge in [-0.25, -0.2) is 0 Å². The van der Waals surface area contributed by atoms with Crippen LogP contribution in [0.4, 0.5) is 5.82 Å². The number of fused-ring (bicyclic) bond motifs is 2. The van der Waals surface area contributed by atoms with Crippen molar-refractivity contribution >= 4 is 16.9 Å². The van der Waals surface area contributed by atoms with Crippen molar-refractivity contribution in [3.05, 3.63) is 46.6 Å². The number of anilines is 1. The number of likely N-dealkylation sites (N-methyl/N-ethyl adjacent to an activating group) is 1. The van der Waals surface area contributed by atoms with Gasteiger partial charge in [0.2, 0.25) is 0 Å². The van der Waals surface area contributed by atoms with Gasteiger partial charge in [-0.15, -0.1) is 0 Å². The van der Waals surface area contributed by atoms with Crippen LogP contribution in [0.25, 0.3) is 11.0 Å². The SMILES string of the molecule is CCCCOc1nc(N)c2[nH]cc(Cc3ccc4c(c3)CCN(CC)C4)c2n1. The first-order chi connectivity index (χ1) is 13.7. The van der Waals surface area contributed by atoms with Crippen LogP contribution in [0.5, 0.6) is 6.01 Å². The van der Waals surface area contributed by atoms with Gasteiger partial charge >= 0.3 is 6.01 Å². The molecular formula is C22H29N5O. The van der Waals surface area contributed by atoms with Crippen molar-refractivity contribution in [3.63, 3.8) is 0 Å². The fourth-order valence-electron chi connectivity index (χ4n) is 3.83. The third-order valence-electron chi connectivity index (χ3n) is 5.54. The third kappa shape index (κ3) is 3.83. The number of unbranched alkanes of at least 4 members (excludes halogenated alkanes) is 1. The minimum atomic E-state index is 0.365. The highest BCUT2D eigenvalue weighted by molar-refractivity contribution is 5.87. The van der Waals surface area contributed by atoms with Crippen LogP contribution < -0.4 is 10.5 Å². The van der Waals surface area contributed by atoms with Crippen molar-refractivity contribution in [3.8, 4) is 6.01 Å². The standard InChI is InChI=1S/C22H29N5O/c1-3-5-10-28-22-25-19-18(13-24-20(19)21(23)26-22)12-15-6-7-17-14-27(4-2)9-8-16(17)11-15/h6-7,11,13,24H,3-5,8-10,12,14H2,1-2H3,(H2,23,25,26). The molecule has 0 amide bonds. The molecule has 3 N–H and O–H groups in total. The topological polar surface area (TPSA) is 80.1 Å². The zero-order valence-corrected chi connectivity index (χ0v) is 16.8. The minimum Gasteiger partial charge on any atom is -0.463 e. The van der Waals surface area contributed by atoms with Crippen LogP contribution in [0.15, 0.2) is 24.4 Å². The van der Waals surface area contributed by atoms with Crippen LogP contribution in [-0.2, 0) is 19.4 Å². The van der Waals surface area contributed by atoms with Gasteiger partial charge in [-0.3, -0.25) is 4.90 Å². The zero-order chi connectivity index (χ0) is 19.5. The van der Waals surface area contributed by atoms with Crippen LogP contribution in [0.2, 0.25) is 0 Å². The normalized spacial score (nSPS) is 14.4. The Kier molecular flexibility index (Phi) is 5.48. The molecule has 0 unspecified atom stereocenters. The summed E-state index contributed by atoms with van der Waals surface area (Å²) in [5, 5.41) is 0. The number of hydrogen-bond donors (Lipinski definition) is 2. The van der Waals surface area contributed by atoms with Gasteiger partial charge in [-0.1, -0.05) is 38.5 Å². The predicted molar refractivity (Wildman–Crippen MR) is 113 cm³/mol. The molecule has 0 radical (unpaired) electrons. The summed E-state index contributed by atoms with van der Waals surface area (Å²) < 4.78 is 5.68. The molecule has 6 heteroatoms. The maximum absolute atomic E-state index is 6.12. The number of aromatic nitrogens is 3. The molecule has 1 aromatic carbocycles. The molecule has 6 nitrogen and oxygen atoms in total. The number of nitrogens with two attached hydrogens (primary N) is 1. The number of H-pyrrole nitrogens is 1. The number of ether oxygens (including phenoxy) is 1. The quantitative estimate of drug-likeness (QED) is 0.612. The maximum Gasteiger partial charge on any atom is 0.319 e. The van der Waals surface area contributed by atoms with E-state index in [1.54, 1.807) is 0 Å². The van der Waals surface area contributed by atoms with Gasteiger partial charge in [0, 0.05) is 31.3 Å². The van der Waals surface area contributed by atoms with Gasteiger partial charge < -0.3 is 15.5 Å². The first-order valence-electron chi connectivity index (χ1n) is 10.3. The number of nitrogen functional groups attached to an aromatic ring is 1. The number of nitrogens with zero attached hydrogens (tertiary/aromatic N) is 3. The summed E-state index contributed by atoms with van der Waals surface area (Å²) in [5.41, 5.74) is 13.1. The van der Waals surface area contributed by atoms with Gasteiger partial charge in [-0.05, 0) is 36.1 Å². The second-order valence-electron chi connectivity index (χ2n) is 7.53. The van der Waals surface area contributed by atoms with Crippen molar-refractivity contribution in [2.24, 2.45) is 0 Å². The van der Waals surface area contributed by atoms with Crippen molar-refractivity contribution in [1.29, 1.82) is 0 Å². The van der Waals surface area contributed by atoms with E-state index >= 15 is 0 Å². The Morgan fingerprint density at radius 3 is 2.93 bits per heavy atom. The van der Waals surface area contributed by atoms with Crippen molar-refractivity contribution in [2.45, 2.75) is 46.1 Å². The largest absolute Gasteiger partial charge is 0.463 e. The Balaban J connectivity index is 1.58. The molecule has 1 aliphatic rings.